The van der Waals surface area contributed by atoms with Gasteiger partial charge in [0.15, 0.2) is 0 Å². The van der Waals surface area contributed by atoms with Gasteiger partial charge in [0.05, 0.1) is 0 Å². The molecule has 0 radical (unpaired) electrons. The van der Waals surface area contributed by atoms with Crippen molar-refractivity contribution < 1.29 is 0 Å². The normalized spacial score (nSPS) is 10.9. The Labute approximate surface area is 98.9 Å². The Kier molecular flexibility index (Phi) is 4.74. The number of pyridine rings is 1. The van der Waals surface area contributed by atoms with Crippen LogP contribution in [0.3, 0.4) is 0 Å². The molecule has 0 fully saturated rings. The van der Waals surface area contributed by atoms with E-state index in [1.165, 1.54) is 5.56 Å². The number of anilines is 1. The largest absolute Gasteiger partial charge is 0.357 e. The van der Waals surface area contributed by atoms with Gasteiger partial charge in [0.25, 0.3) is 0 Å². The van der Waals surface area contributed by atoms with Crippen LogP contribution in [0.1, 0.15) is 32.0 Å². The van der Waals surface area contributed by atoms with E-state index < -0.39 is 0 Å². The van der Waals surface area contributed by atoms with Crippen LogP contribution in [0.25, 0.3) is 0 Å². The number of nitrogens with zero attached hydrogens (tertiary/aromatic N) is 2. The third-order valence-electron chi connectivity index (χ3n) is 2.80. The molecule has 0 amide bonds. The molecule has 0 saturated heterocycles. The highest BCUT2D eigenvalue weighted by atomic mass is 15.2. The molecule has 0 aliphatic rings. The lowest BCUT2D eigenvalue weighted by atomic mass is 10.2. The van der Waals surface area contributed by atoms with Crippen LogP contribution in [-0.4, -0.2) is 25.1 Å². The maximum atomic E-state index is 4.65. The van der Waals surface area contributed by atoms with Crippen molar-refractivity contribution in [3.63, 3.8) is 0 Å². The first-order valence-electron chi connectivity index (χ1n) is 5.95. The molecule has 0 aliphatic heterocycles. The summed E-state index contributed by atoms with van der Waals surface area (Å²) >= 11 is 0. The van der Waals surface area contributed by atoms with Crippen LogP contribution in [0.5, 0.6) is 0 Å². The number of aryl methyl sites for hydroxylation is 1. The van der Waals surface area contributed by atoms with Gasteiger partial charge in [-0.25, -0.2) is 4.98 Å². The number of nitrogens with one attached hydrogen (secondary N) is 1. The summed E-state index contributed by atoms with van der Waals surface area (Å²) in [4.78, 5) is 6.86. The van der Waals surface area contributed by atoms with Crippen LogP contribution in [-0.2, 0) is 13.0 Å². The Hall–Kier alpha value is -1.09. The SMILES string of the molecule is CCc1cc(CNC)cc(N(C)C(C)C)n1. The second-order valence-corrected chi connectivity index (χ2v) is 4.41. The smallest absolute Gasteiger partial charge is 0.129 e. The molecular formula is C13H23N3. The average Bonchev–Trinajstić information content (AvgIpc) is 2.27. The van der Waals surface area contributed by atoms with Crippen molar-refractivity contribution in [2.75, 3.05) is 19.0 Å². The monoisotopic (exact) mass is 221 g/mol. The Bertz CT molecular complexity index is 334. The van der Waals surface area contributed by atoms with Crippen LogP contribution in [0, 0.1) is 0 Å². The van der Waals surface area contributed by atoms with Crippen LogP contribution < -0.4 is 10.2 Å². The fourth-order valence-electron chi connectivity index (χ4n) is 1.57. The predicted octanol–water partition coefficient (Wildman–Crippen LogP) is 2.21. The predicted molar refractivity (Wildman–Crippen MR) is 69.9 cm³/mol. The van der Waals surface area contributed by atoms with Gasteiger partial charge in [-0.05, 0) is 45.0 Å². The molecule has 0 bridgehead atoms. The molecule has 0 aliphatic carbocycles. The first-order valence-corrected chi connectivity index (χ1v) is 5.95. The first-order chi connectivity index (χ1) is 7.58. The van der Waals surface area contributed by atoms with Gasteiger partial charge in [0, 0.05) is 25.3 Å². The van der Waals surface area contributed by atoms with Crippen molar-refractivity contribution >= 4 is 5.82 Å². The van der Waals surface area contributed by atoms with Crippen molar-refractivity contribution in [2.24, 2.45) is 0 Å². The van der Waals surface area contributed by atoms with E-state index in [4.69, 9.17) is 0 Å². The van der Waals surface area contributed by atoms with Crippen molar-refractivity contribution in [3.8, 4) is 0 Å². The number of hydrogen-bond acceptors (Lipinski definition) is 3. The minimum Gasteiger partial charge on any atom is -0.357 e. The summed E-state index contributed by atoms with van der Waals surface area (Å²) in [5.74, 6) is 1.07. The number of aromatic nitrogens is 1. The summed E-state index contributed by atoms with van der Waals surface area (Å²) in [6.45, 7) is 7.40. The maximum Gasteiger partial charge on any atom is 0.129 e. The quantitative estimate of drug-likeness (QED) is 0.826. The van der Waals surface area contributed by atoms with E-state index in [1.54, 1.807) is 0 Å². The van der Waals surface area contributed by atoms with Gasteiger partial charge >= 0.3 is 0 Å². The molecule has 1 rings (SSSR count). The summed E-state index contributed by atoms with van der Waals surface area (Å²) in [7, 11) is 4.06. The van der Waals surface area contributed by atoms with Crippen LogP contribution in [0.4, 0.5) is 5.82 Å². The zero-order valence-electron chi connectivity index (χ0n) is 11.0. The Morgan fingerprint density at radius 3 is 2.56 bits per heavy atom. The van der Waals surface area contributed by atoms with E-state index in [-0.39, 0.29) is 0 Å². The molecule has 1 heterocycles. The highest BCUT2D eigenvalue weighted by Gasteiger charge is 2.08. The molecule has 0 atom stereocenters. The summed E-state index contributed by atoms with van der Waals surface area (Å²) in [5, 5.41) is 3.18. The number of hydrogen-bond donors (Lipinski definition) is 1. The third kappa shape index (κ3) is 3.20. The average molecular weight is 221 g/mol. The second kappa shape index (κ2) is 5.85. The van der Waals surface area contributed by atoms with Gasteiger partial charge in [-0.1, -0.05) is 6.92 Å². The third-order valence-corrected chi connectivity index (χ3v) is 2.80. The van der Waals surface area contributed by atoms with Gasteiger partial charge in [0.1, 0.15) is 5.82 Å². The molecule has 1 aromatic rings. The molecule has 0 spiro atoms. The fourth-order valence-corrected chi connectivity index (χ4v) is 1.57. The maximum absolute atomic E-state index is 4.65. The molecule has 0 aromatic carbocycles. The van der Waals surface area contributed by atoms with E-state index in [0.29, 0.717) is 6.04 Å². The van der Waals surface area contributed by atoms with Crippen molar-refractivity contribution in [2.45, 2.75) is 39.8 Å². The zero-order valence-corrected chi connectivity index (χ0v) is 11.0. The van der Waals surface area contributed by atoms with E-state index in [0.717, 1.165) is 24.5 Å². The molecule has 0 saturated carbocycles. The first kappa shape index (κ1) is 13.0. The molecule has 16 heavy (non-hydrogen) atoms. The van der Waals surface area contributed by atoms with Crippen LogP contribution in [0.15, 0.2) is 12.1 Å². The molecule has 3 nitrogen and oxygen atoms in total. The second-order valence-electron chi connectivity index (χ2n) is 4.41. The van der Waals surface area contributed by atoms with E-state index in [9.17, 15) is 0 Å². The lowest BCUT2D eigenvalue weighted by Crippen LogP contribution is -2.27. The van der Waals surface area contributed by atoms with Gasteiger partial charge < -0.3 is 10.2 Å². The summed E-state index contributed by atoms with van der Waals surface area (Å²) < 4.78 is 0. The molecule has 1 N–H and O–H groups in total. The fraction of sp³-hybridized carbons (Fsp3) is 0.615. The Balaban J connectivity index is 3.03. The topological polar surface area (TPSA) is 28.2 Å². The van der Waals surface area contributed by atoms with E-state index >= 15 is 0 Å². The summed E-state index contributed by atoms with van der Waals surface area (Å²) in [6.07, 6.45) is 0.983. The highest BCUT2D eigenvalue weighted by molar-refractivity contribution is 5.42. The Morgan fingerprint density at radius 2 is 2.06 bits per heavy atom. The molecule has 90 valence electrons. The lowest BCUT2D eigenvalue weighted by molar-refractivity contribution is 0.735. The van der Waals surface area contributed by atoms with Crippen molar-refractivity contribution in [1.82, 2.24) is 10.3 Å². The summed E-state index contributed by atoms with van der Waals surface area (Å²) in [5.41, 5.74) is 2.46. The zero-order chi connectivity index (χ0) is 12.1. The molecule has 1 aromatic heterocycles. The van der Waals surface area contributed by atoms with E-state index in [1.807, 2.05) is 7.05 Å². The van der Waals surface area contributed by atoms with E-state index in [2.05, 4.69) is 55.2 Å². The minimum atomic E-state index is 0.474. The van der Waals surface area contributed by atoms with Gasteiger partial charge in [-0.2, -0.15) is 0 Å². The number of rotatable bonds is 5. The summed E-state index contributed by atoms with van der Waals surface area (Å²) in [6, 6.07) is 4.81. The standard InChI is InChI=1S/C13H23N3/c1-6-12-7-11(9-14-4)8-13(15-12)16(5)10(2)3/h7-8,10,14H,6,9H2,1-5H3. The lowest BCUT2D eigenvalue weighted by Gasteiger charge is -2.23. The van der Waals surface area contributed by atoms with Gasteiger partial charge in [-0.15, -0.1) is 0 Å². The van der Waals surface area contributed by atoms with Gasteiger partial charge in [0.2, 0.25) is 0 Å². The molecular weight excluding hydrogens is 198 g/mol. The van der Waals surface area contributed by atoms with Crippen LogP contribution in [0.2, 0.25) is 0 Å². The van der Waals surface area contributed by atoms with Crippen molar-refractivity contribution in [1.29, 1.82) is 0 Å². The molecule has 0 unspecified atom stereocenters. The molecule has 3 heteroatoms. The van der Waals surface area contributed by atoms with Gasteiger partial charge in [-0.3, -0.25) is 0 Å². The minimum absolute atomic E-state index is 0.474. The highest BCUT2D eigenvalue weighted by Crippen LogP contribution is 2.16. The van der Waals surface area contributed by atoms with Crippen molar-refractivity contribution in [3.05, 3.63) is 23.4 Å². The van der Waals surface area contributed by atoms with Crippen LogP contribution >= 0.6 is 0 Å². The Morgan fingerprint density at radius 1 is 1.38 bits per heavy atom.